The molecule has 0 fully saturated rings. The van der Waals surface area contributed by atoms with E-state index in [4.69, 9.17) is 0 Å². The predicted octanol–water partition coefficient (Wildman–Crippen LogP) is 2.76. The lowest BCUT2D eigenvalue weighted by Crippen LogP contribution is -2.22. The zero-order valence-electron chi connectivity index (χ0n) is 10.9. The van der Waals surface area contributed by atoms with E-state index >= 15 is 0 Å². The molecular weight excluding hydrogens is 264 g/mol. The first-order valence-corrected chi connectivity index (χ1v) is 7.80. The Bertz CT molecular complexity index is 490. The van der Waals surface area contributed by atoms with Crippen LogP contribution in [0.3, 0.4) is 0 Å². The van der Waals surface area contributed by atoms with Crippen LogP contribution < -0.4 is 5.32 Å². The fourth-order valence-corrected chi connectivity index (χ4v) is 2.98. The number of thiazole rings is 1. The van der Waals surface area contributed by atoms with Gasteiger partial charge in [0.25, 0.3) is 0 Å². The smallest absolute Gasteiger partial charge is 0.167 e. The number of hydrogen-bond acceptors (Lipinski definition) is 6. The van der Waals surface area contributed by atoms with Crippen LogP contribution in [-0.4, -0.2) is 28.3 Å². The molecule has 0 spiro atoms. The third-order valence-corrected chi connectivity index (χ3v) is 4.15. The molecular formula is C12H18N4S2. The molecule has 2 aromatic rings. The number of aromatic nitrogens is 3. The first-order valence-electron chi connectivity index (χ1n) is 6.10. The fraction of sp³-hybridized carbons (Fsp3) is 0.583. The number of nitrogens with one attached hydrogen (secondary N) is 1. The Morgan fingerprint density at radius 2 is 2.17 bits per heavy atom. The second-order valence-electron chi connectivity index (χ2n) is 4.60. The summed E-state index contributed by atoms with van der Waals surface area (Å²) in [5.74, 6) is 0.688. The van der Waals surface area contributed by atoms with Crippen molar-refractivity contribution in [1.82, 2.24) is 20.5 Å². The van der Waals surface area contributed by atoms with Gasteiger partial charge in [0, 0.05) is 18.3 Å². The summed E-state index contributed by atoms with van der Waals surface area (Å²) in [4.78, 5) is 4.42. The molecule has 2 aromatic heterocycles. The molecule has 4 nitrogen and oxygen atoms in total. The van der Waals surface area contributed by atoms with Crippen LogP contribution >= 0.6 is 22.7 Å². The third kappa shape index (κ3) is 3.83. The van der Waals surface area contributed by atoms with Crippen molar-refractivity contribution in [3.63, 3.8) is 0 Å². The lowest BCUT2D eigenvalue weighted by atomic mass is 10.2. The zero-order chi connectivity index (χ0) is 13.0. The van der Waals surface area contributed by atoms with E-state index in [9.17, 15) is 0 Å². The minimum absolute atomic E-state index is 0.688. The van der Waals surface area contributed by atoms with E-state index < -0.39 is 0 Å². The van der Waals surface area contributed by atoms with Crippen molar-refractivity contribution in [3.05, 3.63) is 15.4 Å². The van der Waals surface area contributed by atoms with Crippen LogP contribution in [-0.2, 0) is 6.42 Å². The summed E-state index contributed by atoms with van der Waals surface area (Å²) in [6.45, 7) is 8.44. The molecule has 98 valence electrons. The van der Waals surface area contributed by atoms with Crippen molar-refractivity contribution < 1.29 is 0 Å². The van der Waals surface area contributed by atoms with Crippen molar-refractivity contribution in [2.24, 2.45) is 5.92 Å². The molecule has 0 aliphatic rings. The van der Waals surface area contributed by atoms with E-state index in [1.165, 1.54) is 0 Å². The van der Waals surface area contributed by atoms with Crippen LogP contribution in [0.1, 0.15) is 23.9 Å². The van der Waals surface area contributed by atoms with E-state index in [1.54, 1.807) is 22.7 Å². The molecule has 2 heterocycles. The summed E-state index contributed by atoms with van der Waals surface area (Å²) in [6, 6.07) is 0. The summed E-state index contributed by atoms with van der Waals surface area (Å²) >= 11 is 3.29. The van der Waals surface area contributed by atoms with E-state index in [0.717, 1.165) is 40.2 Å². The molecule has 1 N–H and O–H groups in total. The second kappa shape index (κ2) is 6.36. The maximum absolute atomic E-state index is 4.42. The molecule has 0 bridgehead atoms. The van der Waals surface area contributed by atoms with E-state index in [1.807, 2.05) is 12.3 Å². The Morgan fingerprint density at radius 3 is 2.83 bits per heavy atom. The summed E-state index contributed by atoms with van der Waals surface area (Å²) in [6.07, 6.45) is 0.938. The molecule has 18 heavy (non-hydrogen) atoms. The zero-order valence-corrected chi connectivity index (χ0v) is 12.6. The Hall–Kier alpha value is -0.850. The Kier molecular flexibility index (Phi) is 4.79. The van der Waals surface area contributed by atoms with E-state index in [-0.39, 0.29) is 0 Å². The molecule has 0 saturated carbocycles. The van der Waals surface area contributed by atoms with Crippen molar-refractivity contribution in [2.75, 3.05) is 13.1 Å². The van der Waals surface area contributed by atoms with Crippen molar-refractivity contribution >= 4 is 22.7 Å². The monoisotopic (exact) mass is 282 g/mol. The highest BCUT2D eigenvalue weighted by molar-refractivity contribution is 7.15. The standard InChI is InChI=1S/C12H18N4S2/c1-8(2)6-13-5-4-11-15-16-12(18-11)10-7-17-9(3)14-10/h7-8,13H,4-6H2,1-3H3. The lowest BCUT2D eigenvalue weighted by molar-refractivity contribution is 0.553. The molecule has 0 atom stereocenters. The molecule has 0 unspecified atom stereocenters. The summed E-state index contributed by atoms with van der Waals surface area (Å²) in [7, 11) is 0. The molecule has 2 rings (SSSR count). The van der Waals surface area contributed by atoms with Crippen LogP contribution in [0.15, 0.2) is 5.38 Å². The average molecular weight is 282 g/mol. The van der Waals surface area contributed by atoms with Gasteiger partial charge in [-0.25, -0.2) is 4.98 Å². The lowest BCUT2D eigenvalue weighted by Gasteiger charge is -2.04. The van der Waals surface area contributed by atoms with Crippen LogP contribution in [0.25, 0.3) is 10.7 Å². The van der Waals surface area contributed by atoms with Crippen LogP contribution in [0, 0.1) is 12.8 Å². The van der Waals surface area contributed by atoms with Gasteiger partial charge < -0.3 is 5.32 Å². The van der Waals surface area contributed by atoms with E-state index in [2.05, 4.69) is 34.3 Å². The van der Waals surface area contributed by atoms with Gasteiger partial charge in [0.2, 0.25) is 0 Å². The highest BCUT2D eigenvalue weighted by atomic mass is 32.1. The normalized spacial score (nSPS) is 11.3. The van der Waals surface area contributed by atoms with Crippen LogP contribution in [0.4, 0.5) is 0 Å². The molecule has 6 heteroatoms. The SMILES string of the molecule is Cc1nc(-c2nnc(CCNCC(C)C)s2)cs1. The molecule has 0 amide bonds. The summed E-state index contributed by atoms with van der Waals surface area (Å²) in [5, 5.41) is 16.9. The van der Waals surface area contributed by atoms with Gasteiger partial charge in [-0.3, -0.25) is 0 Å². The second-order valence-corrected chi connectivity index (χ2v) is 6.72. The Morgan fingerprint density at radius 1 is 1.33 bits per heavy atom. The fourth-order valence-electron chi connectivity index (χ4n) is 1.51. The number of hydrogen-bond donors (Lipinski definition) is 1. The molecule has 0 aliphatic carbocycles. The van der Waals surface area contributed by atoms with Gasteiger partial charge in [-0.05, 0) is 19.4 Å². The quantitative estimate of drug-likeness (QED) is 0.828. The van der Waals surface area contributed by atoms with Gasteiger partial charge in [0.05, 0.1) is 5.01 Å². The molecule has 0 radical (unpaired) electrons. The first-order chi connectivity index (χ1) is 8.65. The van der Waals surface area contributed by atoms with Crippen LogP contribution in [0.5, 0.6) is 0 Å². The largest absolute Gasteiger partial charge is 0.316 e. The van der Waals surface area contributed by atoms with Crippen molar-refractivity contribution in [1.29, 1.82) is 0 Å². The number of nitrogens with zero attached hydrogens (tertiary/aromatic N) is 3. The highest BCUT2D eigenvalue weighted by Gasteiger charge is 2.09. The summed E-state index contributed by atoms with van der Waals surface area (Å²) < 4.78 is 0. The Balaban J connectivity index is 1.86. The minimum atomic E-state index is 0.688. The average Bonchev–Trinajstić information content (AvgIpc) is 2.93. The third-order valence-electron chi connectivity index (χ3n) is 2.37. The van der Waals surface area contributed by atoms with Crippen molar-refractivity contribution in [2.45, 2.75) is 27.2 Å². The predicted molar refractivity (Wildman–Crippen MR) is 77.2 cm³/mol. The summed E-state index contributed by atoms with van der Waals surface area (Å²) in [5.41, 5.74) is 0.955. The maximum atomic E-state index is 4.42. The van der Waals surface area contributed by atoms with Gasteiger partial charge in [-0.15, -0.1) is 21.5 Å². The van der Waals surface area contributed by atoms with Crippen molar-refractivity contribution in [3.8, 4) is 10.7 Å². The van der Waals surface area contributed by atoms with Crippen LogP contribution in [0.2, 0.25) is 0 Å². The van der Waals surface area contributed by atoms with Gasteiger partial charge in [0.15, 0.2) is 5.01 Å². The van der Waals surface area contributed by atoms with Gasteiger partial charge in [-0.1, -0.05) is 25.2 Å². The molecule has 0 aromatic carbocycles. The topological polar surface area (TPSA) is 50.7 Å². The number of rotatable bonds is 6. The van der Waals surface area contributed by atoms with Gasteiger partial charge >= 0.3 is 0 Å². The van der Waals surface area contributed by atoms with Gasteiger partial charge in [-0.2, -0.15) is 0 Å². The Labute approximate surface area is 116 Å². The molecule has 0 aliphatic heterocycles. The minimum Gasteiger partial charge on any atom is -0.316 e. The maximum Gasteiger partial charge on any atom is 0.167 e. The molecule has 0 saturated heterocycles. The number of aryl methyl sites for hydroxylation is 1. The van der Waals surface area contributed by atoms with E-state index in [0.29, 0.717) is 5.92 Å². The highest BCUT2D eigenvalue weighted by Crippen LogP contribution is 2.24. The van der Waals surface area contributed by atoms with Gasteiger partial charge in [0.1, 0.15) is 10.7 Å². The first kappa shape index (κ1) is 13.6.